The van der Waals surface area contributed by atoms with Gasteiger partial charge in [-0.1, -0.05) is 12.7 Å². The Hall–Kier alpha value is -3.42. The Morgan fingerprint density at radius 1 is 0.973 bits per heavy atom. The van der Waals surface area contributed by atoms with Gasteiger partial charge in [0.05, 0.1) is 6.10 Å². The molecule has 1 aliphatic rings. The molecule has 0 saturated heterocycles. The van der Waals surface area contributed by atoms with E-state index in [9.17, 15) is 33.9 Å². The lowest BCUT2D eigenvalue weighted by molar-refractivity contribution is -0.137. The standard InChI is InChI=1S/C23H39BN6O7/c1-14(13-24)27-21(35)16(7-6-11-26-23(25)37)28-22(36)20(15(2)31)29-17(32)8-4-3-5-12-30-18(33)9-10-19(30)34/h9-10,14-16,20,31H,3-8,11-13,24H2,1-2H3,(H,27,35)(H,28,36)(H,29,32)(H3,25,26,37)/t14-,15-,16+,20+/m1/s1. The number of unbranched alkanes of at least 4 members (excludes halogenated alkanes) is 2. The van der Waals surface area contributed by atoms with E-state index in [4.69, 9.17) is 5.73 Å². The van der Waals surface area contributed by atoms with Crippen LogP contribution in [-0.4, -0.2) is 90.7 Å². The summed E-state index contributed by atoms with van der Waals surface area (Å²) in [6.45, 7) is 3.65. The molecule has 0 fully saturated rings. The largest absolute Gasteiger partial charge is 0.391 e. The molecule has 1 aliphatic heterocycles. The fraction of sp³-hybridized carbons (Fsp3) is 0.652. The Morgan fingerprint density at radius 2 is 1.62 bits per heavy atom. The van der Waals surface area contributed by atoms with Crippen molar-refractivity contribution < 1.29 is 33.9 Å². The van der Waals surface area contributed by atoms with E-state index in [0.717, 1.165) is 4.90 Å². The maximum Gasteiger partial charge on any atom is 0.312 e. The summed E-state index contributed by atoms with van der Waals surface area (Å²) in [6.07, 6.45) is 4.09. The zero-order valence-corrected chi connectivity index (χ0v) is 21.7. The third-order valence-electron chi connectivity index (χ3n) is 5.87. The minimum atomic E-state index is -1.28. The lowest BCUT2D eigenvalue weighted by Crippen LogP contribution is -2.57. The van der Waals surface area contributed by atoms with Crippen LogP contribution in [-0.2, 0) is 24.0 Å². The molecule has 4 atom stereocenters. The summed E-state index contributed by atoms with van der Waals surface area (Å²) in [4.78, 5) is 73.1. The molecule has 0 saturated carbocycles. The molecule has 0 radical (unpaired) electrons. The molecule has 0 aromatic heterocycles. The first-order valence-corrected chi connectivity index (χ1v) is 12.6. The van der Waals surface area contributed by atoms with E-state index in [0.29, 0.717) is 32.0 Å². The van der Waals surface area contributed by atoms with Gasteiger partial charge in [-0.15, -0.1) is 0 Å². The molecule has 0 spiro atoms. The highest BCUT2D eigenvalue weighted by Crippen LogP contribution is 2.08. The fourth-order valence-corrected chi connectivity index (χ4v) is 3.53. The lowest BCUT2D eigenvalue weighted by atomic mass is 9.98. The molecule has 7 amide bonds. The van der Waals surface area contributed by atoms with Crippen LogP contribution >= 0.6 is 0 Å². The van der Waals surface area contributed by atoms with Gasteiger partial charge in [-0.2, -0.15) is 0 Å². The first-order valence-electron chi connectivity index (χ1n) is 12.6. The normalized spacial score (nSPS) is 16.0. The minimum absolute atomic E-state index is 0.0767. The third kappa shape index (κ3) is 11.9. The monoisotopic (exact) mass is 522 g/mol. The molecule has 7 N–H and O–H groups in total. The topological polar surface area (TPSA) is 200 Å². The molecule has 0 bridgehead atoms. The molecule has 0 unspecified atom stereocenters. The number of nitrogens with one attached hydrogen (secondary N) is 4. The number of rotatable bonds is 17. The van der Waals surface area contributed by atoms with Gasteiger partial charge in [0.1, 0.15) is 19.9 Å². The number of hydrogen-bond acceptors (Lipinski definition) is 7. The average molecular weight is 522 g/mol. The van der Waals surface area contributed by atoms with E-state index < -0.39 is 41.9 Å². The maximum atomic E-state index is 12.9. The van der Waals surface area contributed by atoms with Crippen LogP contribution in [0.25, 0.3) is 0 Å². The second kappa shape index (κ2) is 16.4. The van der Waals surface area contributed by atoms with Crippen molar-refractivity contribution >= 4 is 43.4 Å². The number of urea groups is 1. The van der Waals surface area contributed by atoms with Gasteiger partial charge >= 0.3 is 6.03 Å². The molecule has 0 aromatic rings. The molecule has 14 heteroatoms. The molecule has 13 nitrogen and oxygen atoms in total. The van der Waals surface area contributed by atoms with E-state index in [2.05, 4.69) is 21.3 Å². The zero-order valence-electron chi connectivity index (χ0n) is 21.7. The van der Waals surface area contributed by atoms with Crippen LogP contribution in [0.1, 0.15) is 52.4 Å². The van der Waals surface area contributed by atoms with Crippen LogP contribution in [0.15, 0.2) is 12.2 Å². The second-order valence-corrected chi connectivity index (χ2v) is 9.07. The van der Waals surface area contributed by atoms with E-state index in [1.54, 1.807) is 0 Å². The highest BCUT2D eigenvalue weighted by atomic mass is 16.3. The number of primary amides is 1. The van der Waals surface area contributed by atoms with Crippen LogP contribution in [0.5, 0.6) is 0 Å². The maximum absolute atomic E-state index is 12.9. The van der Waals surface area contributed by atoms with Crippen molar-refractivity contribution in [3.8, 4) is 0 Å². The van der Waals surface area contributed by atoms with Crippen LogP contribution in [0.4, 0.5) is 4.79 Å². The molecule has 206 valence electrons. The van der Waals surface area contributed by atoms with Crippen molar-refractivity contribution in [3.05, 3.63) is 12.2 Å². The van der Waals surface area contributed by atoms with Crippen LogP contribution < -0.4 is 27.0 Å². The van der Waals surface area contributed by atoms with Gasteiger partial charge < -0.3 is 32.1 Å². The zero-order chi connectivity index (χ0) is 28.0. The predicted octanol–water partition coefficient (Wildman–Crippen LogP) is -2.17. The molecule has 0 aromatic carbocycles. The summed E-state index contributed by atoms with van der Waals surface area (Å²) in [7, 11) is 1.90. The second-order valence-electron chi connectivity index (χ2n) is 9.07. The fourth-order valence-electron chi connectivity index (χ4n) is 3.53. The molecule has 1 rings (SSSR count). The number of aliphatic hydroxyl groups is 1. The van der Waals surface area contributed by atoms with Crippen LogP contribution in [0.3, 0.4) is 0 Å². The number of aliphatic hydroxyl groups excluding tert-OH is 1. The first kappa shape index (κ1) is 31.6. The Bertz CT molecular complexity index is 849. The number of imide groups is 1. The molecule has 0 aliphatic carbocycles. The highest BCUT2D eigenvalue weighted by molar-refractivity contribution is 6.12. The molecule has 1 heterocycles. The highest BCUT2D eigenvalue weighted by Gasteiger charge is 2.30. The summed E-state index contributed by atoms with van der Waals surface area (Å²) >= 11 is 0. The van der Waals surface area contributed by atoms with Gasteiger partial charge in [0.2, 0.25) is 17.7 Å². The van der Waals surface area contributed by atoms with Gasteiger partial charge in [0.25, 0.3) is 11.8 Å². The van der Waals surface area contributed by atoms with Crippen LogP contribution in [0, 0.1) is 0 Å². The van der Waals surface area contributed by atoms with Gasteiger partial charge in [-0.25, -0.2) is 4.79 Å². The third-order valence-corrected chi connectivity index (χ3v) is 5.87. The van der Waals surface area contributed by atoms with Crippen LogP contribution in [0.2, 0.25) is 6.32 Å². The molecular weight excluding hydrogens is 483 g/mol. The average Bonchev–Trinajstić information content (AvgIpc) is 3.15. The van der Waals surface area contributed by atoms with E-state index in [-0.39, 0.29) is 43.8 Å². The minimum Gasteiger partial charge on any atom is -0.391 e. The van der Waals surface area contributed by atoms with Crippen molar-refractivity contribution in [2.24, 2.45) is 5.73 Å². The van der Waals surface area contributed by atoms with Crippen molar-refractivity contribution in [2.75, 3.05) is 13.1 Å². The SMILES string of the molecule is BC[C@@H](C)NC(=O)[C@H](CCCNC(N)=O)NC(=O)[C@@H](NC(=O)CCCCCN1C(=O)C=CC1=O)[C@@H](C)O. The molecule has 37 heavy (non-hydrogen) atoms. The predicted molar refractivity (Wildman–Crippen MR) is 138 cm³/mol. The number of nitrogens with zero attached hydrogens (tertiary/aromatic N) is 1. The summed E-state index contributed by atoms with van der Waals surface area (Å²) in [6, 6.07) is -3.04. The Kier molecular flexibility index (Phi) is 14.0. The van der Waals surface area contributed by atoms with Crippen molar-refractivity contribution in [2.45, 2.75) is 82.9 Å². The number of nitrogens with two attached hydrogens (primary N) is 1. The van der Waals surface area contributed by atoms with Gasteiger partial charge in [-0.05, 0) is 39.5 Å². The van der Waals surface area contributed by atoms with E-state index in [1.165, 1.54) is 19.1 Å². The number of hydrogen-bond donors (Lipinski definition) is 6. The summed E-state index contributed by atoms with van der Waals surface area (Å²) in [5.41, 5.74) is 5.05. The lowest BCUT2D eigenvalue weighted by Gasteiger charge is -2.25. The quantitative estimate of drug-likeness (QED) is 0.0709. The summed E-state index contributed by atoms with van der Waals surface area (Å²) in [5, 5.41) is 20.4. The smallest absolute Gasteiger partial charge is 0.312 e. The van der Waals surface area contributed by atoms with Gasteiger partial charge in [-0.3, -0.25) is 28.9 Å². The van der Waals surface area contributed by atoms with E-state index >= 15 is 0 Å². The van der Waals surface area contributed by atoms with E-state index in [1.807, 2.05) is 14.8 Å². The van der Waals surface area contributed by atoms with Gasteiger partial charge in [0, 0.05) is 37.7 Å². The Morgan fingerprint density at radius 3 is 2.19 bits per heavy atom. The first-order chi connectivity index (χ1) is 17.5. The van der Waals surface area contributed by atoms with Crippen molar-refractivity contribution in [1.29, 1.82) is 0 Å². The van der Waals surface area contributed by atoms with Crippen molar-refractivity contribution in [3.63, 3.8) is 0 Å². The summed E-state index contributed by atoms with van der Waals surface area (Å²) in [5.74, 6) is -2.29. The number of amides is 7. The number of carbonyl (C=O) groups is 6. The Balaban J connectivity index is 2.59. The molecular formula is C23H39BN6O7. The number of carbonyl (C=O) groups excluding carboxylic acids is 6. The summed E-state index contributed by atoms with van der Waals surface area (Å²) < 4.78 is 0. The van der Waals surface area contributed by atoms with Gasteiger partial charge in [0.15, 0.2) is 0 Å². The van der Waals surface area contributed by atoms with Crippen molar-refractivity contribution in [1.82, 2.24) is 26.2 Å². The Labute approximate surface area is 217 Å².